The van der Waals surface area contributed by atoms with E-state index in [4.69, 9.17) is 18.5 Å². The lowest BCUT2D eigenvalue weighted by molar-refractivity contribution is -0.220. The molecule has 0 saturated heterocycles. The van der Waals surface area contributed by atoms with Crippen LogP contribution < -0.4 is 0 Å². The van der Waals surface area contributed by atoms with Crippen LogP contribution in [0.2, 0.25) is 0 Å². The first kappa shape index (κ1) is 56.0. The zero-order chi connectivity index (χ0) is 44.4. The first-order chi connectivity index (χ1) is 28.8. The number of aliphatic hydroxyl groups is 5. The highest BCUT2D eigenvalue weighted by Crippen LogP contribution is 2.47. The first-order valence-electron chi connectivity index (χ1n) is 23.1. The van der Waals surface area contributed by atoms with E-state index >= 15 is 0 Å². The summed E-state index contributed by atoms with van der Waals surface area (Å²) in [5, 5.41) is 50.1. The smallest absolute Gasteiger partial charge is 0.462 e. The molecule has 8 atom stereocenters. The Kier molecular flexibility index (Phi) is 33.1. The third kappa shape index (κ3) is 27.8. The van der Waals surface area contributed by atoms with Crippen LogP contribution in [0.1, 0.15) is 187 Å². The van der Waals surface area contributed by atoms with Crippen molar-refractivity contribution in [2.45, 2.75) is 230 Å². The molecule has 1 aliphatic rings. The van der Waals surface area contributed by atoms with Gasteiger partial charge in [0.25, 0.3) is 0 Å². The Morgan fingerprint density at radius 1 is 0.550 bits per heavy atom. The molecule has 0 amide bonds. The highest BCUT2D eigenvalue weighted by Gasteiger charge is 2.51. The Labute approximate surface area is 360 Å². The van der Waals surface area contributed by atoms with Crippen molar-refractivity contribution in [3.8, 4) is 0 Å². The van der Waals surface area contributed by atoms with Crippen molar-refractivity contribution >= 4 is 25.5 Å². The van der Waals surface area contributed by atoms with Gasteiger partial charge in [-0.15, -0.1) is 0 Å². The number of ether oxygens (including phenoxy) is 2. The molecule has 0 bridgehead atoms. The van der Waals surface area contributed by atoms with Crippen LogP contribution >= 0.6 is 7.82 Å². The van der Waals surface area contributed by atoms with Gasteiger partial charge in [-0.1, -0.05) is 154 Å². The molecular weight excluding hydrogens is 795 g/mol. The Bertz CT molecular complexity index is 1210. The number of phosphoric ester groups is 1. The fourth-order valence-electron chi connectivity index (χ4n) is 6.97. The summed E-state index contributed by atoms with van der Waals surface area (Å²) >= 11 is 0. The largest absolute Gasteiger partial charge is 0.472 e. The average molecular weight is 877 g/mol. The number of aliphatic hydroxyl groups excluding tert-OH is 5. The molecule has 0 heterocycles. The Morgan fingerprint density at radius 2 is 0.983 bits per heavy atom. The van der Waals surface area contributed by atoms with Crippen molar-refractivity contribution in [2.24, 2.45) is 0 Å². The molecule has 0 radical (unpaired) electrons. The Hall–Kier alpha value is -2.00. The van der Waals surface area contributed by atoms with E-state index in [0.29, 0.717) is 19.3 Å². The van der Waals surface area contributed by atoms with E-state index in [0.717, 1.165) is 70.6 Å². The van der Waals surface area contributed by atoms with Gasteiger partial charge in [-0.3, -0.25) is 23.4 Å². The minimum Gasteiger partial charge on any atom is -0.462 e. The quantitative estimate of drug-likeness (QED) is 0.0114. The Morgan fingerprint density at radius 3 is 1.52 bits per heavy atom. The predicted octanol–water partition coefficient (Wildman–Crippen LogP) is 8.02. The second kappa shape index (κ2) is 35.5. The molecule has 0 aromatic carbocycles. The van der Waals surface area contributed by atoms with Crippen LogP contribution in [0.25, 0.3) is 0 Å². The van der Waals surface area contributed by atoms with Crippen molar-refractivity contribution < 1.29 is 67.9 Å². The highest BCUT2D eigenvalue weighted by molar-refractivity contribution is 7.47. The van der Waals surface area contributed by atoms with Gasteiger partial charge in [-0.25, -0.2) is 4.57 Å². The molecule has 60 heavy (non-hydrogen) atoms. The van der Waals surface area contributed by atoms with Gasteiger partial charge in [0.2, 0.25) is 0 Å². The highest BCUT2D eigenvalue weighted by atomic mass is 31.2. The number of carbonyl (C=O) groups excluding carboxylic acids is 3. The van der Waals surface area contributed by atoms with E-state index in [9.17, 15) is 49.4 Å². The second-order valence-corrected chi connectivity index (χ2v) is 17.7. The number of esters is 2. The number of hydrogen-bond donors (Lipinski definition) is 6. The molecular formula is C45H81O14P. The monoisotopic (exact) mass is 877 g/mol. The molecule has 3 unspecified atom stereocenters. The van der Waals surface area contributed by atoms with Crippen LogP contribution in [0.4, 0.5) is 0 Å². The fraction of sp³-hybridized carbons (Fsp3) is 0.844. The third-order valence-electron chi connectivity index (χ3n) is 10.8. The van der Waals surface area contributed by atoms with E-state index in [1.807, 2.05) is 12.2 Å². The van der Waals surface area contributed by atoms with Crippen LogP contribution in [-0.4, -0.2) is 104 Å². The maximum absolute atomic E-state index is 12.8. The van der Waals surface area contributed by atoms with E-state index < -0.39 is 75.7 Å². The molecule has 0 aromatic heterocycles. The lowest BCUT2D eigenvalue weighted by Crippen LogP contribution is -2.64. The van der Waals surface area contributed by atoms with Crippen molar-refractivity contribution in [1.82, 2.24) is 0 Å². The summed E-state index contributed by atoms with van der Waals surface area (Å²) in [7, 11) is -5.13. The zero-order valence-corrected chi connectivity index (χ0v) is 37.6. The minimum atomic E-state index is -5.13. The molecule has 350 valence electrons. The van der Waals surface area contributed by atoms with Gasteiger partial charge in [0.05, 0.1) is 6.61 Å². The lowest BCUT2D eigenvalue weighted by Gasteiger charge is -2.41. The van der Waals surface area contributed by atoms with Crippen LogP contribution in [0.3, 0.4) is 0 Å². The molecule has 0 aromatic rings. The molecule has 0 aliphatic heterocycles. The molecule has 14 nitrogen and oxygen atoms in total. The summed E-state index contributed by atoms with van der Waals surface area (Å²) in [6.07, 6.45) is 20.7. The van der Waals surface area contributed by atoms with E-state index in [-0.39, 0.29) is 18.6 Å². The van der Waals surface area contributed by atoms with Crippen molar-refractivity contribution in [1.29, 1.82) is 0 Å². The normalized spacial score (nSPS) is 22.3. The van der Waals surface area contributed by atoms with Gasteiger partial charge in [-0.2, -0.15) is 0 Å². The SMILES string of the molecule is CCCCCCCCCCCCCCCCCC(=O)OC[C@H](COP(=O)(O)OC1[C@H](O)[C@H](O)C(O)[C@H](O)[C@H]1O)OC(=O)CCCCCCC/C=C\C=C\C(=O)CCCCC. The van der Waals surface area contributed by atoms with Crippen LogP contribution in [0.15, 0.2) is 24.3 Å². The fourth-order valence-corrected chi connectivity index (χ4v) is 7.95. The molecule has 1 aliphatic carbocycles. The molecule has 0 spiro atoms. The van der Waals surface area contributed by atoms with E-state index in [1.54, 1.807) is 12.2 Å². The summed E-state index contributed by atoms with van der Waals surface area (Å²) in [4.78, 5) is 47.4. The zero-order valence-electron chi connectivity index (χ0n) is 36.8. The number of phosphoric acid groups is 1. The van der Waals surface area contributed by atoms with Crippen LogP contribution in [-0.2, 0) is 37.5 Å². The van der Waals surface area contributed by atoms with Gasteiger partial charge in [-0.05, 0) is 38.2 Å². The number of hydrogen-bond acceptors (Lipinski definition) is 13. The Balaban J connectivity index is 2.49. The standard InChI is InChI=1S/C45H81O14P/c1-3-5-7-8-9-10-11-12-13-14-15-18-21-24-28-32-38(47)56-34-37(35-57-60(54,55)59-45-43(52)41(50)40(49)42(51)44(45)53)58-39(48)33-29-25-22-19-16-17-20-23-27-31-36(46)30-26-6-4-2/h20,23,27,31,37,40-45,49-53H,3-19,21-22,24-26,28-30,32-35H2,1-2H3,(H,54,55)/b23-20-,31-27+/t37-,40?,41-,42+,43-,44-,45?/m1/s1. The van der Waals surface area contributed by atoms with Crippen molar-refractivity contribution in [3.63, 3.8) is 0 Å². The molecule has 15 heteroatoms. The van der Waals surface area contributed by atoms with E-state index in [1.165, 1.54) is 70.6 Å². The summed E-state index contributed by atoms with van der Waals surface area (Å²) in [6, 6.07) is 0. The van der Waals surface area contributed by atoms with Gasteiger partial charge < -0.3 is 39.9 Å². The van der Waals surface area contributed by atoms with Crippen molar-refractivity contribution in [3.05, 3.63) is 24.3 Å². The van der Waals surface area contributed by atoms with Gasteiger partial charge in [0, 0.05) is 19.3 Å². The summed E-state index contributed by atoms with van der Waals surface area (Å²) in [6.45, 7) is 3.12. The summed E-state index contributed by atoms with van der Waals surface area (Å²) in [5.41, 5.74) is 0. The lowest BCUT2D eigenvalue weighted by atomic mass is 9.85. The molecule has 1 saturated carbocycles. The van der Waals surface area contributed by atoms with Gasteiger partial charge in [0.1, 0.15) is 43.2 Å². The summed E-state index contributed by atoms with van der Waals surface area (Å²) in [5.74, 6) is -1.01. The second-order valence-electron chi connectivity index (χ2n) is 16.3. The maximum Gasteiger partial charge on any atom is 0.472 e. The number of rotatable bonds is 38. The number of ketones is 1. The minimum absolute atomic E-state index is 0.0480. The topological polar surface area (TPSA) is 227 Å². The molecule has 1 fully saturated rings. The van der Waals surface area contributed by atoms with Gasteiger partial charge >= 0.3 is 19.8 Å². The summed E-state index contributed by atoms with van der Waals surface area (Å²) < 4.78 is 33.5. The van der Waals surface area contributed by atoms with Crippen LogP contribution in [0, 0.1) is 0 Å². The average Bonchev–Trinajstić information content (AvgIpc) is 3.22. The third-order valence-corrected chi connectivity index (χ3v) is 11.8. The number of allylic oxidation sites excluding steroid dienone is 4. The number of unbranched alkanes of at least 4 members (excludes halogenated alkanes) is 21. The predicted molar refractivity (Wildman–Crippen MR) is 231 cm³/mol. The van der Waals surface area contributed by atoms with Crippen molar-refractivity contribution in [2.75, 3.05) is 13.2 Å². The van der Waals surface area contributed by atoms with Crippen LogP contribution in [0.5, 0.6) is 0 Å². The number of carbonyl (C=O) groups is 3. The maximum atomic E-state index is 12.8. The van der Waals surface area contributed by atoms with Gasteiger partial charge in [0.15, 0.2) is 11.9 Å². The van der Waals surface area contributed by atoms with E-state index in [2.05, 4.69) is 13.8 Å². The molecule has 1 rings (SSSR count). The molecule has 6 N–H and O–H groups in total. The first-order valence-corrected chi connectivity index (χ1v) is 24.6.